The number of ether oxygens (including phenoxy) is 1. The van der Waals surface area contributed by atoms with Gasteiger partial charge < -0.3 is 10.1 Å². The van der Waals surface area contributed by atoms with E-state index in [0.717, 1.165) is 24.5 Å². The average molecular weight is 243 g/mol. The summed E-state index contributed by atoms with van der Waals surface area (Å²) in [5.74, 6) is 1.46. The number of rotatable bonds is 3. The van der Waals surface area contributed by atoms with Gasteiger partial charge in [0.25, 0.3) is 0 Å². The number of hydrogen-bond donors (Lipinski definition) is 1. The Morgan fingerprint density at radius 2 is 2.39 bits per heavy atom. The quantitative estimate of drug-likeness (QED) is 0.895. The van der Waals surface area contributed by atoms with E-state index in [1.54, 1.807) is 7.11 Å². The Bertz CT molecular complexity index is 529. The van der Waals surface area contributed by atoms with Gasteiger partial charge in [0.15, 0.2) is 0 Å². The molecule has 18 heavy (non-hydrogen) atoms. The molecule has 0 spiro atoms. The molecule has 4 heteroatoms. The van der Waals surface area contributed by atoms with Crippen molar-refractivity contribution in [1.29, 1.82) is 0 Å². The summed E-state index contributed by atoms with van der Waals surface area (Å²) >= 11 is 0. The molecule has 0 aliphatic carbocycles. The summed E-state index contributed by atoms with van der Waals surface area (Å²) in [6.07, 6.45) is 5.29. The molecule has 1 aromatic heterocycles. The molecule has 1 saturated heterocycles. The summed E-state index contributed by atoms with van der Waals surface area (Å²) in [5.41, 5.74) is 2.34. The lowest BCUT2D eigenvalue weighted by atomic mass is 10.0. The van der Waals surface area contributed by atoms with Gasteiger partial charge in [-0.25, -0.2) is 4.68 Å². The van der Waals surface area contributed by atoms with Crippen molar-refractivity contribution in [2.75, 3.05) is 20.2 Å². The first-order chi connectivity index (χ1) is 8.86. The molecule has 0 amide bonds. The second kappa shape index (κ2) is 4.82. The second-order valence-electron chi connectivity index (χ2n) is 4.61. The minimum Gasteiger partial charge on any atom is -0.497 e. The van der Waals surface area contributed by atoms with Crippen molar-refractivity contribution in [1.82, 2.24) is 15.1 Å². The van der Waals surface area contributed by atoms with E-state index in [1.807, 2.05) is 35.1 Å². The van der Waals surface area contributed by atoms with Crippen LogP contribution in [0.2, 0.25) is 0 Å². The maximum atomic E-state index is 5.23. The standard InChI is InChI=1S/C14H17N3O/c1-18-14-4-2-3-13(7-14)17-10-12(9-16-17)11-5-6-15-8-11/h2-4,7,9-11,15H,5-6,8H2,1H3. The van der Waals surface area contributed by atoms with Gasteiger partial charge in [0.05, 0.1) is 19.0 Å². The Morgan fingerprint density at radius 3 is 3.17 bits per heavy atom. The Hall–Kier alpha value is -1.81. The van der Waals surface area contributed by atoms with Gasteiger partial charge in [-0.2, -0.15) is 5.10 Å². The third-order valence-electron chi connectivity index (χ3n) is 3.45. The minimum absolute atomic E-state index is 0.601. The molecule has 1 aromatic carbocycles. The number of hydrogen-bond acceptors (Lipinski definition) is 3. The van der Waals surface area contributed by atoms with E-state index >= 15 is 0 Å². The smallest absolute Gasteiger partial charge is 0.121 e. The topological polar surface area (TPSA) is 39.1 Å². The van der Waals surface area contributed by atoms with Gasteiger partial charge in [-0.15, -0.1) is 0 Å². The zero-order chi connectivity index (χ0) is 12.4. The lowest BCUT2D eigenvalue weighted by molar-refractivity contribution is 0.414. The maximum absolute atomic E-state index is 5.23. The van der Waals surface area contributed by atoms with Gasteiger partial charge >= 0.3 is 0 Å². The van der Waals surface area contributed by atoms with Crippen molar-refractivity contribution in [3.63, 3.8) is 0 Å². The van der Waals surface area contributed by atoms with Crippen LogP contribution in [-0.2, 0) is 0 Å². The Labute approximate surface area is 107 Å². The maximum Gasteiger partial charge on any atom is 0.121 e. The molecule has 1 aliphatic rings. The predicted molar refractivity (Wildman–Crippen MR) is 70.3 cm³/mol. The van der Waals surface area contributed by atoms with Crippen LogP contribution >= 0.6 is 0 Å². The summed E-state index contributed by atoms with van der Waals surface area (Å²) in [6, 6.07) is 7.94. The third kappa shape index (κ3) is 2.11. The molecule has 0 radical (unpaired) electrons. The molecular formula is C14H17N3O. The van der Waals surface area contributed by atoms with Gasteiger partial charge in [0, 0.05) is 24.7 Å². The molecule has 1 atom stereocenters. The van der Waals surface area contributed by atoms with E-state index in [-0.39, 0.29) is 0 Å². The van der Waals surface area contributed by atoms with E-state index in [0.29, 0.717) is 5.92 Å². The first kappa shape index (κ1) is 11.3. The number of aromatic nitrogens is 2. The lowest BCUT2D eigenvalue weighted by Gasteiger charge is -2.05. The summed E-state index contributed by atoms with van der Waals surface area (Å²) < 4.78 is 7.14. The fourth-order valence-electron chi connectivity index (χ4n) is 2.38. The van der Waals surface area contributed by atoms with Crippen LogP contribution in [0.25, 0.3) is 5.69 Å². The molecule has 94 valence electrons. The fraction of sp³-hybridized carbons (Fsp3) is 0.357. The van der Waals surface area contributed by atoms with Crippen LogP contribution < -0.4 is 10.1 Å². The van der Waals surface area contributed by atoms with Crippen LogP contribution in [-0.4, -0.2) is 30.0 Å². The van der Waals surface area contributed by atoms with Crippen molar-refractivity contribution >= 4 is 0 Å². The first-order valence-electron chi connectivity index (χ1n) is 6.26. The highest BCUT2D eigenvalue weighted by Gasteiger charge is 2.18. The van der Waals surface area contributed by atoms with Crippen molar-refractivity contribution in [3.05, 3.63) is 42.2 Å². The lowest BCUT2D eigenvalue weighted by Crippen LogP contribution is -2.07. The fourth-order valence-corrected chi connectivity index (χ4v) is 2.38. The van der Waals surface area contributed by atoms with Crippen molar-refractivity contribution in [2.24, 2.45) is 0 Å². The van der Waals surface area contributed by atoms with Crippen LogP contribution in [0.1, 0.15) is 17.9 Å². The molecule has 1 unspecified atom stereocenters. The number of nitrogens with zero attached hydrogens (tertiary/aromatic N) is 2. The number of methoxy groups -OCH3 is 1. The van der Waals surface area contributed by atoms with E-state index < -0.39 is 0 Å². The Kier molecular flexibility index (Phi) is 3.02. The molecule has 0 bridgehead atoms. The van der Waals surface area contributed by atoms with E-state index in [1.165, 1.54) is 12.0 Å². The zero-order valence-corrected chi connectivity index (χ0v) is 10.5. The van der Waals surface area contributed by atoms with Crippen LogP contribution in [0.15, 0.2) is 36.7 Å². The summed E-state index contributed by atoms with van der Waals surface area (Å²) in [5, 5.41) is 7.82. The highest BCUT2D eigenvalue weighted by molar-refractivity contribution is 5.39. The van der Waals surface area contributed by atoms with E-state index in [2.05, 4.69) is 16.6 Å². The van der Waals surface area contributed by atoms with Gasteiger partial charge in [0.2, 0.25) is 0 Å². The van der Waals surface area contributed by atoms with Gasteiger partial charge in [-0.1, -0.05) is 6.07 Å². The van der Waals surface area contributed by atoms with E-state index in [9.17, 15) is 0 Å². The average Bonchev–Trinajstić information content (AvgIpc) is 3.09. The monoisotopic (exact) mass is 243 g/mol. The van der Waals surface area contributed by atoms with Gasteiger partial charge in [-0.3, -0.25) is 0 Å². The SMILES string of the molecule is COc1cccc(-n2cc(C3CCNC3)cn2)c1. The first-order valence-corrected chi connectivity index (χ1v) is 6.26. The van der Waals surface area contributed by atoms with Crippen LogP contribution in [0.5, 0.6) is 5.75 Å². The summed E-state index contributed by atoms with van der Waals surface area (Å²) in [6.45, 7) is 2.17. The molecule has 0 saturated carbocycles. The summed E-state index contributed by atoms with van der Waals surface area (Å²) in [4.78, 5) is 0. The van der Waals surface area contributed by atoms with Crippen LogP contribution in [0.3, 0.4) is 0 Å². The predicted octanol–water partition coefficient (Wildman–Crippen LogP) is 1.96. The zero-order valence-electron chi connectivity index (χ0n) is 10.5. The van der Waals surface area contributed by atoms with Crippen molar-refractivity contribution < 1.29 is 4.74 Å². The van der Waals surface area contributed by atoms with Crippen molar-refractivity contribution in [2.45, 2.75) is 12.3 Å². The minimum atomic E-state index is 0.601. The van der Waals surface area contributed by atoms with Crippen molar-refractivity contribution in [3.8, 4) is 11.4 Å². The Morgan fingerprint density at radius 1 is 1.44 bits per heavy atom. The van der Waals surface area contributed by atoms with Crippen LogP contribution in [0, 0.1) is 0 Å². The second-order valence-corrected chi connectivity index (χ2v) is 4.61. The van der Waals surface area contributed by atoms with E-state index in [4.69, 9.17) is 4.74 Å². The number of benzene rings is 1. The summed E-state index contributed by atoms with van der Waals surface area (Å²) in [7, 11) is 1.68. The third-order valence-corrected chi connectivity index (χ3v) is 3.45. The molecule has 3 rings (SSSR count). The normalized spacial score (nSPS) is 19.1. The molecule has 1 fully saturated rings. The molecule has 2 aromatic rings. The molecule has 4 nitrogen and oxygen atoms in total. The Balaban J connectivity index is 1.87. The highest BCUT2D eigenvalue weighted by atomic mass is 16.5. The van der Waals surface area contributed by atoms with Gasteiger partial charge in [0.1, 0.15) is 5.75 Å². The molecule has 1 N–H and O–H groups in total. The largest absolute Gasteiger partial charge is 0.497 e. The molecule has 2 heterocycles. The highest BCUT2D eigenvalue weighted by Crippen LogP contribution is 2.23. The van der Waals surface area contributed by atoms with Gasteiger partial charge in [-0.05, 0) is 30.7 Å². The van der Waals surface area contributed by atoms with Crippen LogP contribution in [0.4, 0.5) is 0 Å². The molecule has 1 aliphatic heterocycles. The molecular weight excluding hydrogens is 226 g/mol. The number of nitrogens with one attached hydrogen (secondary N) is 1.